The van der Waals surface area contributed by atoms with E-state index in [0.29, 0.717) is 0 Å². The highest BCUT2D eigenvalue weighted by Crippen LogP contribution is 2.12. The molecule has 0 bridgehead atoms. The number of anilines is 2. The highest BCUT2D eigenvalue weighted by Gasteiger charge is 2.14. The molecule has 8 heteroatoms. The Kier molecular flexibility index (Phi) is 2.90. The number of benzene rings is 1. The van der Waals surface area contributed by atoms with E-state index in [2.05, 4.69) is 15.0 Å². The van der Waals surface area contributed by atoms with Crippen molar-refractivity contribution in [2.45, 2.75) is 6.54 Å². The van der Waals surface area contributed by atoms with Gasteiger partial charge in [-0.2, -0.15) is 9.97 Å². The topological polar surface area (TPSA) is 133 Å². The minimum Gasteiger partial charge on any atom is -0.383 e. The van der Waals surface area contributed by atoms with Crippen molar-refractivity contribution in [3.8, 4) is 0 Å². The Morgan fingerprint density at radius 2 is 1.81 bits per heavy atom. The van der Waals surface area contributed by atoms with E-state index in [4.69, 9.17) is 11.5 Å². The quantitative estimate of drug-likeness (QED) is 0.591. The molecule has 8 nitrogen and oxygen atoms in total. The minimum absolute atomic E-state index is 0.0553. The van der Waals surface area contributed by atoms with E-state index in [1.807, 2.05) is 30.3 Å². The summed E-state index contributed by atoms with van der Waals surface area (Å²) in [6.45, 7) is 0.222. The van der Waals surface area contributed by atoms with Crippen LogP contribution < -0.4 is 22.7 Å². The number of aromatic nitrogens is 4. The van der Waals surface area contributed by atoms with Gasteiger partial charge in [-0.05, 0) is 5.56 Å². The van der Waals surface area contributed by atoms with E-state index in [1.54, 1.807) is 0 Å². The largest absolute Gasteiger partial charge is 0.383 e. The van der Waals surface area contributed by atoms with Crippen molar-refractivity contribution in [2.24, 2.45) is 0 Å². The van der Waals surface area contributed by atoms with Crippen molar-refractivity contribution < 1.29 is 0 Å². The molecule has 0 aliphatic rings. The Morgan fingerprint density at radius 3 is 2.52 bits per heavy atom. The van der Waals surface area contributed by atoms with Gasteiger partial charge in [-0.1, -0.05) is 30.3 Å². The summed E-state index contributed by atoms with van der Waals surface area (Å²) < 4.78 is 1.27. The number of fused-ring (bicyclic) bond motifs is 1. The lowest BCUT2D eigenvalue weighted by Crippen LogP contribution is -2.28. The number of nitrogen functional groups attached to an aromatic ring is 2. The maximum absolute atomic E-state index is 12.1. The maximum atomic E-state index is 12.1. The molecule has 21 heavy (non-hydrogen) atoms. The standard InChI is InChI=1S/C13H12N6O2/c14-9-8-10(17-12(15)18-11(8)20)19(13(21)16-9)6-7-4-2-1-3-5-7/h1-5H,6H2,(H2,14,16,21)(H3,15,17,18,20). The Balaban J connectivity index is 2.32. The Bertz CT molecular complexity index is 929. The van der Waals surface area contributed by atoms with Crippen molar-refractivity contribution in [1.82, 2.24) is 19.5 Å². The first-order valence-corrected chi connectivity index (χ1v) is 6.16. The Labute approximate surface area is 118 Å². The second kappa shape index (κ2) is 4.75. The predicted octanol–water partition coefficient (Wildman–Crippen LogP) is -0.308. The molecule has 3 rings (SSSR count). The van der Waals surface area contributed by atoms with Crippen molar-refractivity contribution in [3.63, 3.8) is 0 Å². The number of aromatic amines is 1. The molecule has 106 valence electrons. The van der Waals surface area contributed by atoms with Crippen LogP contribution >= 0.6 is 0 Å². The van der Waals surface area contributed by atoms with E-state index in [1.165, 1.54) is 4.57 Å². The van der Waals surface area contributed by atoms with E-state index in [-0.39, 0.29) is 29.3 Å². The molecule has 0 saturated heterocycles. The first-order chi connectivity index (χ1) is 10.1. The smallest absolute Gasteiger partial charge is 0.351 e. The molecule has 0 spiro atoms. The molecule has 0 amide bonds. The number of rotatable bonds is 2. The average molecular weight is 284 g/mol. The molecule has 0 radical (unpaired) electrons. The van der Waals surface area contributed by atoms with Crippen LogP contribution in [0.4, 0.5) is 11.8 Å². The molecule has 1 aromatic carbocycles. The SMILES string of the molecule is Nc1nc2c(c(N)nc(=O)n2Cc2ccccc2)c(=O)[nH]1. The lowest BCUT2D eigenvalue weighted by atomic mass is 10.2. The fourth-order valence-electron chi connectivity index (χ4n) is 2.12. The van der Waals surface area contributed by atoms with Gasteiger partial charge < -0.3 is 11.5 Å². The van der Waals surface area contributed by atoms with E-state index >= 15 is 0 Å². The van der Waals surface area contributed by atoms with Gasteiger partial charge in [-0.3, -0.25) is 14.3 Å². The highest BCUT2D eigenvalue weighted by atomic mass is 16.1. The Hall–Kier alpha value is -3.16. The van der Waals surface area contributed by atoms with Crippen LogP contribution in [-0.4, -0.2) is 19.5 Å². The third-order valence-corrected chi connectivity index (χ3v) is 3.06. The molecule has 0 saturated carbocycles. The molecular formula is C13H12N6O2. The molecule has 3 aromatic rings. The molecule has 5 N–H and O–H groups in total. The van der Waals surface area contributed by atoms with E-state index in [0.717, 1.165) is 5.56 Å². The van der Waals surface area contributed by atoms with E-state index < -0.39 is 11.2 Å². The summed E-state index contributed by atoms with van der Waals surface area (Å²) >= 11 is 0. The zero-order chi connectivity index (χ0) is 15.0. The van der Waals surface area contributed by atoms with Gasteiger partial charge in [0.2, 0.25) is 5.95 Å². The molecule has 0 aliphatic heterocycles. The van der Waals surface area contributed by atoms with Gasteiger partial charge in [-0.15, -0.1) is 0 Å². The summed E-state index contributed by atoms with van der Waals surface area (Å²) in [6.07, 6.45) is 0. The zero-order valence-corrected chi connectivity index (χ0v) is 10.9. The maximum Gasteiger partial charge on any atom is 0.351 e. The number of hydrogen-bond acceptors (Lipinski definition) is 6. The molecule has 0 aliphatic carbocycles. The number of hydrogen-bond donors (Lipinski definition) is 3. The van der Waals surface area contributed by atoms with Crippen LogP contribution in [0.1, 0.15) is 5.56 Å². The van der Waals surface area contributed by atoms with Crippen LogP contribution in [0.5, 0.6) is 0 Å². The van der Waals surface area contributed by atoms with Gasteiger partial charge in [-0.25, -0.2) is 4.79 Å². The monoisotopic (exact) mass is 284 g/mol. The third kappa shape index (κ3) is 2.22. The molecule has 0 atom stereocenters. The number of H-pyrrole nitrogens is 1. The van der Waals surface area contributed by atoms with Crippen molar-refractivity contribution >= 4 is 22.8 Å². The number of nitrogens with two attached hydrogens (primary N) is 2. The highest BCUT2D eigenvalue weighted by molar-refractivity contribution is 5.84. The number of nitrogens with zero attached hydrogens (tertiary/aromatic N) is 3. The zero-order valence-electron chi connectivity index (χ0n) is 10.9. The first-order valence-electron chi connectivity index (χ1n) is 6.16. The molecule has 0 fully saturated rings. The van der Waals surface area contributed by atoms with Crippen LogP contribution in [0.25, 0.3) is 11.0 Å². The molecule has 0 unspecified atom stereocenters. The first kappa shape index (κ1) is 12.9. The van der Waals surface area contributed by atoms with Gasteiger partial charge in [0.05, 0.1) is 6.54 Å². The summed E-state index contributed by atoms with van der Waals surface area (Å²) in [4.78, 5) is 34.0. The molecule has 2 heterocycles. The lowest BCUT2D eigenvalue weighted by molar-refractivity contribution is 0.752. The van der Waals surface area contributed by atoms with Gasteiger partial charge in [0.15, 0.2) is 5.65 Å². The predicted molar refractivity (Wildman–Crippen MR) is 78.8 cm³/mol. The molecule has 2 aromatic heterocycles. The summed E-state index contributed by atoms with van der Waals surface area (Å²) in [7, 11) is 0. The second-order valence-corrected chi connectivity index (χ2v) is 4.50. The van der Waals surface area contributed by atoms with Crippen molar-refractivity contribution in [2.75, 3.05) is 11.5 Å². The Morgan fingerprint density at radius 1 is 1.10 bits per heavy atom. The lowest BCUT2D eigenvalue weighted by Gasteiger charge is -2.10. The van der Waals surface area contributed by atoms with Gasteiger partial charge in [0.25, 0.3) is 5.56 Å². The second-order valence-electron chi connectivity index (χ2n) is 4.50. The van der Waals surface area contributed by atoms with Gasteiger partial charge in [0.1, 0.15) is 11.2 Å². The average Bonchev–Trinajstić information content (AvgIpc) is 2.43. The van der Waals surface area contributed by atoms with Crippen LogP contribution in [0, 0.1) is 0 Å². The van der Waals surface area contributed by atoms with Crippen molar-refractivity contribution in [3.05, 3.63) is 56.7 Å². The fraction of sp³-hybridized carbons (Fsp3) is 0.0769. The summed E-state index contributed by atoms with van der Waals surface area (Å²) in [6, 6.07) is 9.27. The van der Waals surface area contributed by atoms with E-state index in [9.17, 15) is 9.59 Å². The van der Waals surface area contributed by atoms with Crippen LogP contribution in [0.3, 0.4) is 0 Å². The van der Waals surface area contributed by atoms with Crippen LogP contribution in [0.2, 0.25) is 0 Å². The van der Waals surface area contributed by atoms with Crippen molar-refractivity contribution in [1.29, 1.82) is 0 Å². The van der Waals surface area contributed by atoms with Crippen LogP contribution in [0.15, 0.2) is 39.9 Å². The van der Waals surface area contributed by atoms with Crippen LogP contribution in [-0.2, 0) is 6.54 Å². The molecular weight excluding hydrogens is 272 g/mol. The minimum atomic E-state index is -0.582. The van der Waals surface area contributed by atoms with Gasteiger partial charge in [0, 0.05) is 0 Å². The summed E-state index contributed by atoms with van der Waals surface area (Å²) in [5.74, 6) is -0.243. The third-order valence-electron chi connectivity index (χ3n) is 3.06. The summed E-state index contributed by atoms with van der Waals surface area (Å²) in [5.41, 5.74) is 11.1. The summed E-state index contributed by atoms with van der Waals surface area (Å²) in [5, 5.41) is 0.0553. The number of nitrogens with one attached hydrogen (secondary N) is 1. The van der Waals surface area contributed by atoms with Gasteiger partial charge >= 0.3 is 5.69 Å². The normalized spacial score (nSPS) is 10.9. The fourth-order valence-corrected chi connectivity index (χ4v) is 2.12.